The molecule has 0 radical (unpaired) electrons. The average molecular weight is 200 g/mol. The van der Waals surface area contributed by atoms with Crippen LogP contribution >= 0.6 is 0 Å². The minimum atomic E-state index is -0.591. The molecule has 0 aromatic carbocycles. The second-order valence-electron chi connectivity index (χ2n) is 2.16. The molecule has 0 saturated carbocycles. The molecule has 0 aromatic rings. The van der Waals surface area contributed by atoms with Crippen LogP contribution in [0.25, 0.3) is 0 Å². The molecule has 78 valence electrons. The summed E-state index contributed by atoms with van der Waals surface area (Å²) in [6, 6.07) is 0. The molecule has 0 bridgehead atoms. The molecule has 0 saturated heterocycles. The number of carbonyl (C=O) groups is 2. The zero-order valence-electron chi connectivity index (χ0n) is 8.27. The Morgan fingerprint density at radius 2 is 1.64 bits per heavy atom. The van der Waals surface area contributed by atoms with E-state index in [9.17, 15) is 9.59 Å². The van der Waals surface area contributed by atoms with Crippen molar-refractivity contribution in [2.24, 2.45) is 0 Å². The van der Waals surface area contributed by atoms with Gasteiger partial charge in [0.2, 0.25) is 0 Å². The Hall–Kier alpha value is -1.78. The van der Waals surface area contributed by atoms with Crippen molar-refractivity contribution < 1.29 is 23.8 Å². The number of methoxy groups -OCH3 is 3. The molecule has 0 aliphatic carbocycles. The maximum Gasteiger partial charge on any atom is 0.340 e. The number of hydrogen-bond acceptors (Lipinski definition) is 5. The number of carbonyl (C=O) groups excluding carboxylic acids is 2. The molecule has 0 spiro atoms. The molecule has 0 aliphatic rings. The van der Waals surface area contributed by atoms with E-state index < -0.39 is 11.9 Å². The zero-order chi connectivity index (χ0) is 11.0. The van der Waals surface area contributed by atoms with E-state index >= 15 is 0 Å². The Kier molecular flexibility index (Phi) is 5.85. The largest absolute Gasteiger partial charge is 0.503 e. The van der Waals surface area contributed by atoms with E-state index in [-0.39, 0.29) is 5.57 Å². The monoisotopic (exact) mass is 200 g/mol. The lowest BCUT2D eigenvalue weighted by Gasteiger charge is -1.98. The molecule has 0 aromatic heterocycles. The lowest BCUT2D eigenvalue weighted by Crippen LogP contribution is -2.04. The molecule has 14 heavy (non-hydrogen) atoms. The summed E-state index contributed by atoms with van der Waals surface area (Å²) in [4.78, 5) is 21.7. The Bertz CT molecular complexity index is 264. The Morgan fingerprint density at radius 1 is 1.00 bits per heavy atom. The van der Waals surface area contributed by atoms with E-state index in [1.165, 1.54) is 33.7 Å². The van der Waals surface area contributed by atoms with Crippen molar-refractivity contribution in [1.82, 2.24) is 0 Å². The van der Waals surface area contributed by atoms with Gasteiger partial charge in [0, 0.05) is 6.08 Å². The van der Waals surface area contributed by atoms with Crippen molar-refractivity contribution in [3.05, 3.63) is 24.0 Å². The summed E-state index contributed by atoms with van der Waals surface area (Å²) >= 11 is 0. The second kappa shape index (κ2) is 6.71. The maximum absolute atomic E-state index is 11.0. The van der Waals surface area contributed by atoms with Crippen LogP contribution in [0.1, 0.15) is 0 Å². The van der Waals surface area contributed by atoms with Crippen LogP contribution in [0, 0.1) is 0 Å². The van der Waals surface area contributed by atoms with E-state index in [4.69, 9.17) is 0 Å². The molecule has 0 unspecified atom stereocenters. The van der Waals surface area contributed by atoms with Gasteiger partial charge < -0.3 is 14.2 Å². The predicted molar refractivity (Wildman–Crippen MR) is 48.3 cm³/mol. The topological polar surface area (TPSA) is 61.8 Å². The SMILES string of the molecule is CO/C=C(/C=CC(=O)OC)C(=O)OC. The van der Waals surface area contributed by atoms with Crippen LogP contribution in [0.3, 0.4) is 0 Å². The molecule has 0 fully saturated rings. The summed E-state index contributed by atoms with van der Waals surface area (Å²) in [5.41, 5.74) is 0.125. The molecule has 0 heterocycles. The van der Waals surface area contributed by atoms with Crippen LogP contribution < -0.4 is 0 Å². The van der Waals surface area contributed by atoms with Crippen LogP contribution in [-0.2, 0) is 23.8 Å². The molecule has 0 amide bonds. The van der Waals surface area contributed by atoms with Gasteiger partial charge in [0.05, 0.1) is 33.2 Å². The number of hydrogen-bond donors (Lipinski definition) is 0. The summed E-state index contributed by atoms with van der Waals surface area (Å²) in [5.74, 6) is -1.15. The van der Waals surface area contributed by atoms with Gasteiger partial charge >= 0.3 is 11.9 Å². The molecule has 0 atom stereocenters. The fourth-order valence-corrected chi connectivity index (χ4v) is 0.626. The fraction of sp³-hybridized carbons (Fsp3) is 0.333. The first-order valence-corrected chi connectivity index (χ1v) is 3.73. The highest BCUT2D eigenvalue weighted by Gasteiger charge is 2.06. The van der Waals surface area contributed by atoms with Gasteiger partial charge in [-0.3, -0.25) is 0 Å². The lowest BCUT2D eigenvalue weighted by molar-refractivity contribution is -0.135. The Labute approximate surface area is 81.9 Å². The predicted octanol–water partition coefficient (Wildman–Crippen LogP) is 0.419. The minimum Gasteiger partial charge on any atom is -0.503 e. The fourth-order valence-electron chi connectivity index (χ4n) is 0.626. The first-order valence-electron chi connectivity index (χ1n) is 3.73. The molecule has 0 aliphatic heterocycles. The number of esters is 2. The molecular formula is C9H12O5. The summed E-state index contributed by atoms with van der Waals surface area (Å²) < 4.78 is 13.4. The van der Waals surface area contributed by atoms with Crippen LogP contribution in [0.5, 0.6) is 0 Å². The highest BCUT2D eigenvalue weighted by atomic mass is 16.5. The van der Waals surface area contributed by atoms with Crippen LogP contribution in [0.15, 0.2) is 24.0 Å². The lowest BCUT2D eigenvalue weighted by atomic mass is 10.3. The number of ether oxygens (including phenoxy) is 3. The molecule has 5 heteroatoms. The van der Waals surface area contributed by atoms with Gasteiger partial charge in [0.25, 0.3) is 0 Å². The van der Waals surface area contributed by atoms with Gasteiger partial charge in [-0.2, -0.15) is 0 Å². The Morgan fingerprint density at radius 3 is 2.07 bits per heavy atom. The first-order chi connectivity index (χ1) is 6.65. The van der Waals surface area contributed by atoms with Gasteiger partial charge in [0.1, 0.15) is 0 Å². The van der Waals surface area contributed by atoms with Crippen LogP contribution in [0.4, 0.5) is 0 Å². The summed E-state index contributed by atoms with van der Waals surface area (Å²) in [7, 11) is 3.86. The first kappa shape index (κ1) is 12.2. The van der Waals surface area contributed by atoms with E-state index in [2.05, 4.69) is 14.2 Å². The maximum atomic E-state index is 11.0. The van der Waals surface area contributed by atoms with E-state index in [1.54, 1.807) is 0 Å². The Balaban J connectivity index is 4.54. The van der Waals surface area contributed by atoms with E-state index in [0.29, 0.717) is 0 Å². The third-order valence-corrected chi connectivity index (χ3v) is 1.27. The van der Waals surface area contributed by atoms with Gasteiger partial charge in [-0.15, -0.1) is 0 Å². The zero-order valence-corrected chi connectivity index (χ0v) is 8.27. The minimum absolute atomic E-state index is 0.125. The van der Waals surface area contributed by atoms with Crippen LogP contribution in [0.2, 0.25) is 0 Å². The molecular weight excluding hydrogens is 188 g/mol. The summed E-state index contributed by atoms with van der Waals surface area (Å²) in [6.45, 7) is 0. The highest BCUT2D eigenvalue weighted by molar-refractivity contribution is 5.93. The number of rotatable bonds is 4. The van der Waals surface area contributed by atoms with Gasteiger partial charge in [-0.25, -0.2) is 9.59 Å². The van der Waals surface area contributed by atoms with E-state index in [1.807, 2.05) is 0 Å². The second-order valence-corrected chi connectivity index (χ2v) is 2.16. The smallest absolute Gasteiger partial charge is 0.340 e. The van der Waals surface area contributed by atoms with Gasteiger partial charge in [0.15, 0.2) is 0 Å². The van der Waals surface area contributed by atoms with Gasteiger partial charge in [-0.1, -0.05) is 0 Å². The standard InChI is InChI=1S/C9H12O5/c1-12-6-7(9(11)14-3)4-5-8(10)13-2/h4-6H,1-3H3/b5-4?,7-6-. The third kappa shape index (κ3) is 4.30. The molecule has 5 nitrogen and oxygen atoms in total. The van der Waals surface area contributed by atoms with Crippen molar-refractivity contribution in [3.8, 4) is 0 Å². The van der Waals surface area contributed by atoms with Crippen molar-refractivity contribution in [2.45, 2.75) is 0 Å². The third-order valence-electron chi connectivity index (χ3n) is 1.27. The normalized spacial score (nSPS) is 11.2. The van der Waals surface area contributed by atoms with Crippen molar-refractivity contribution in [2.75, 3.05) is 21.3 Å². The quantitative estimate of drug-likeness (QED) is 0.285. The van der Waals surface area contributed by atoms with Crippen LogP contribution in [-0.4, -0.2) is 33.3 Å². The van der Waals surface area contributed by atoms with Gasteiger partial charge in [-0.05, 0) is 6.08 Å². The molecule has 0 rings (SSSR count). The summed E-state index contributed by atoms with van der Waals surface area (Å²) in [5, 5.41) is 0. The van der Waals surface area contributed by atoms with Crippen molar-refractivity contribution in [1.29, 1.82) is 0 Å². The summed E-state index contributed by atoms with van der Waals surface area (Å²) in [6.07, 6.45) is 3.52. The molecule has 0 N–H and O–H groups in total. The van der Waals surface area contributed by atoms with Crippen molar-refractivity contribution in [3.63, 3.8) is 0 Å². The highest BCUT2D eigenvalue weighted by Crippen LogP contribution is 2.00. The van der Waals surface area contributed by atoms with Crippen molar-refractivity contribution >= 4 is 11.9 Å². The van der Waals surface area contributed by atoms with E-state index in [0.717, 1.165) is 6.08 Å². The average Bonchev–Trinajstić information content (AvgIpc) is 2.22.